The number of aliphatic hydroxyl groups is 1. The van der Waals surface area contributed by atoms with Gasteiger partial charge in [0.1, 0.15) is 0 Å². The lowest BCUT2D eigenvalue weighted by molar-refractivity contribution is 0.0672. The number of nitrogens with zero attached hydrogens (tertiary/aromatic N) is 1. The molecule has 20 heavy (non-hydrogen) atoms. The van der Waals surface area contributed by atoms with Gasteiger partial charge in [0.15, 0.2) is 11.6 Å². The summed E-state index contributed by atoms with van der Waals surface area (Å²) in [5.41, 5.74) is -1.12. The van der Waals surface area contributed by atoms with E-state index in [1.807, 2.05) is 0 Å². The van der Waals surface area contributed by atoms with Gasteiger partial charge in [-0.1, -0.05) is 6.08 Å². The summed E-state index contributed by atoms with van der Waals surface area (Å²) in [7, 11) is 0. The fraction of sp³-hybridized carbons (Fsp3) is 0.231. The third-order valence-electron chi connectivity index (χ3n) is 2.53. The van der Waals surface area contributed by atoms with Crippen molar-refractivity contribution in [2.24, 2.45) is 0 Å². The van der Waals surface area contributed by atoms with Gasteiger partial charge in [-0.25, -0.2) is 13.6 Å². The Bertz CT molecular complexity index is 545. The number of amides is 1. The van der Waals surface area contributed by atoms with Gasteiger partial charge in [-0.15, -0.1) is 6.58 Å². The third kappa shape index (κ3) is 3.39. The van der Waals surface area contributed by atoms with Crippen LogP contribution in [-0.4, -0.2) is 46.7 Å². The van der Waals surface area contributed by atoms with Crippen LogP contribution in [0.15, 0.2) is 24.8 Å². The number of carbonyl (C=O) groups is 2. The molecule has 0 saturated carbocycles. The van der Waals surface area contributed by atoms with E-state index in [1.54, 1.807) is 0 Å². The highest BCUT2D eigenvalue weighted by atomic mass is 19.2. The number of aromatic carboxylic acids is 1. The maximum atomic E-state index is 13.2. The molecule has 2 N–H and O–H groups in total. The first kappa shape index (κ1) is 15.8. The van der Waals surface area contributed by atoms with Gasteiger partial charge in [-0.2, -0.15) is 0 Å². The topological polar surface area (TPSA) is 77.8 Å². The molecular weight excluding hydrogens is 272 g/mol. The van der Waals surface area contributed by atoms with E-state index in [9.17, 15) is 18.4 Å². The molecule has 0 atom stereocenters. The Labute approximate surface area is 113 Å². The predicted molar refractivity (Wildman–Crippen MR) is 66.5 cm³/mol. The van der Waals surface area contributed by atoms with Crippen molar-refractivity contribution >= 4 is 11.9 Å². The summed E-state index contributed by atoms with van der Waals surface area (Å²) in [4.78, 5) is 24.2. The van der Waals surface area contributed by atoms with Gasteiger partial charge in [0, 0.05) is 13.1 Å². The lowest BCUT2D eigenvalue weighted by Gasteiger charge is -2.21. The normalized spacial score (nSPS) is 10.2. The summed E-state index contributed by atoms with van der Waals surface area (Å²) < 4.78 is 26.3. The van der Waals surface area contributed by atoms with E-state index in [4.69, 9.17) is 10.2 Å². The average molecular weight is 285 g/mol. The van der Waals surface area contributed by atoms with Crippen LogP contribution >= 0.6 is 0 Å². The zero-order valence-corrected chi connectivity index (χ0v) is 10.5. The highest BCUT2D eigenvalue weighted by Gasteiger charge is 2.23. The van der Waals surface area contributed by atoms with Crippen LogP contribution in [0.3, 0.4) is 0 Å². The lowest BCUT2D eigenvalue weighted by Crippen LogP contribution is -2.34. The van der Waals surface area contributed by atoms with E-state index in [1.165, 1.54) is 6.08 Å². The van der Waals surface area contributed by atoms with Gasteiger partial charge in [0.2, 0.25) is 0 Å². The van der Waals surface area contributed by atoms with Gasteiger partial charge in [0.25, 0.3) is 5.91 Å². The maximum Gasteiger partial charge on any atom is 0.336 e. The second kappa shape index (κ2) is 6.76. The SMILES string of the molecule is C=CCN(CCO)C(=O)c1cc(F)c(F)cc1C(=O)O. The van der Waals surface area contributed by atoms with E-state index in [0.717, 1.165) is 4.90 Å². The van der Waals surface area contributed by atoms with Crippen molar-refractivity contribution in [2.45, 2.75) is 0 Å². The Kier molecular flexibility index (Phi) is 5.33. The quantitative estimate of drug-likeness (QED) is 0.772. The molecule has 7 heteroatoms. The summed E-state index contributed by atoms with van der Waals surface area (Å²) in [6.45, 7) is 3.03. The molecule has 0 aromatic heterocycles. The van der Waals surface area contributed by atoms with Crippen LogP contribution < -0.4 is 0 Å². The van der Waals surface area contributed by atoms with Crippen LogP contribution in [0.2, 0.25) is 0 Å². The zero-order chi connectivity index (χ0) is 15.3. The Morgan fingerprint density at radius 3 is 2.25 bits per heavy atom. The van der Waals surface area contributed by atoms with E-state index in [2.05, 4.69) is 6.58 Å². The van der Waals surface area contributed by atoms with Crippen LogP contribution in [0.1, 0.15) is 20.7 Å². The molecule has 1 rings (SSSR count). The Balaban J connectivity index is 3.28. The first-order valence-electron chi connectivity index (χ1n) is 5.65. The van der Waals surface area contributed by atoms with Gasteiger partial charge in [-0.3, -0.25) is 4.79 Å². The largest absolute Gasteiger partial charge is 0.478 e. The van der Waals surface area contributed by atoms with Crippen LogP contribution in [0.4, 0.5) is 8.78 Å². The molecule has 5 nitrogen and oxygen atoms in total. The van der Waals surface area contributed by atoms with Gasteiger partial charge >= 0.3 is 5.97 Å². The second-order valence-electron chi connectivity index (χ2n) is 3.88. The van der Waals surface area contributed by atoms with Gasteiger partial charge in [-0.05, 0) is 12.1 Å². The number of rotatable bonds is 6. The summed E-state index contributed by atoms with van der Waals surface area (Å²) in [5, 5.41) is 17.8. The van der Waals surface area contributed by atoms with E-state index in [-0.39, 0.29) is 19.7 Å². The molecule has 1 aromatic carbocycles. The molecule has 1 amide bonds. The monoisotopic (exact) mass is 285 g/mol. The van der Waals surface area contributed by atoms with Crippen LogP contribution in [0.25, 0.3) is 0 Å². The summed E-state index contributed by atoms with van der Waals surface area (Å²) in [6, 6.07) is 0.991. The molecule has 0 aliphatic carbocycles. The summed E-state index contributed by atoms with van der Waals surface area (Å²) in [5.74, 6) is -5.04. The van der Waals surface area contributed by atoms with Crippen LogP contribution in [0.5, 0.6) is 0 Å². The van der Waals surface area contributed by atoms with Crippen molar-refractivity contribution in [3.05, 3.63) is 47.5 Å². The standard InChI is InChI=1S/C13H13F2NO4/c1-2-3-16(4-5-17)12(18)8-6-10(14)11(15)7-9(8)13(19)20/h2,6-7,17H,1,3-5H2,(H,19,20). The van der Waals surface area contributed by atoms with Crippen molar-refractivity contribution in [2.75, 3.05) is 19.7 Å². The number of hydrogen-bond acceptors (Lipinski definition) is 3. The van der Waals surface area contributed by atoms with Crippen molar-refractivity contribution in [1.82, 2.24) is 4.90 Å². The van der Waals surface area contributed by atoms with Crippen molar-refractivity contribution in [3.63, 3.8) is 0 Å². The van der Waals surface area contributed by atoms with E-state index < -0.39 is 34.6 Å². The minimum absolute atomic E-state index is 0.0391. The van der Waals surface area contributed by atoms with Gasteiger partial charge in [0.05, 0.1) is 17.7 Å². The number of carbonyl (C=O) groups excluding carboxylic acids is 1. The number of halogens is 2. The van der Waals surface area contributed by atoms with Crippen molar-refractivity contribution in [1.29, 1.82) is 0 Å². The molecular formula is C13H13F2NO4. The Hall–Kier alpha value is -2.28. The smallest absolute Gasteiger partial charge is 0.336 e. The van der Waals surface area contributed by atoms with Crippen LogP contribution in [-0.2, 0) is 0 Å². The molecule has 0 saturated heterocycles. The zero-order valence-electron chi connectivity index (χ0n) is 10.5. The number of benzene rings is 1. The molecule has 0 unspecified atom stereocenters. The third-order valence-corrected chi connectivity index (χ3v) is 2.53. The molecule has 0 aliphatic rings. The minimum atomic E-state index is -1.55. The second-order valence-corrected chi connectivity index (χ2v) is 3.88. The van der Waals surface area contributed by atoms with Gasteiger partial charge < -0.3 is 15.1 Å². The summed E-state index contributed by atoms with van der Waals surface area (Å²) in [6.07, 6.45) is 1.37. The lowest BCUT2D eigenvalue weighted by atomic mass is 10.1. The molecule has 1 aromatic rings. The average Bonchev–Trinajstić information content (AvgIpc) is 2.40. The Morgan fingerprint density at radius 1 is 1.25 bits per heavy atom. The highest BCUT2D eigenvalue weighted by Crippen LogP contribution is 2.17. The first-order chi connectivity index (χ1) is 9.42. The highest BCUT2D eigenvalue weighted by molar-refractivity contribution is 6.04. The molecule has 0 spiro atoms. The van der Waals surface area contributed by atoms with Crippen LogP contribution in [0, 0.1) is 11.6 Å². The number of aliphatic hydroxyl groups excluding tert-OH is 1. The number of carboxylic acids is 1. The number of hydrogen-bond donors (Lipinski definition) is 2. The van der Waals surface area contributed by atoms with Crippen molar-refractivity contribution < 1.29 is 28.6 Å². The Morgan fingerprint density at radius 2 is 1.80 bits per heavy atom. The number of carboxylic acid groups (broad SMARTS) is 1. The molecule has 0 fully saturated rings. The molecule has 0 aliphatic heterocycles. The van der Waals surface area contributed by atoms with Crippen molar-refractivity contribution in [3.8, 4) is 0 Å². The molecule has 0 heterocycles. The maximum absolute atomic E-state index is 13.2. The first-order valence-corrected chi connectivity index (χ1v) is 5.65. The minimum Gasteiger partial charge on any atom is -0.478 e. The van der Waals surface area contributed by atoms with E-state index >= 15 is 0 Å². The van der Waals surface area contributed by atoms with E-state index in [0.29, 0.717) is 12.1 Å². The fourth-order valence-electron chi connectivity index (χ4n) is 1.62. The molecule has 108 valence electrons. The fourth-order valence-corrected chi connectivity index (χ4v) is 1.62. The summed E-state index contributed by atoms with van der Waals surface area (Å²) >= 11 is 0. The predicted octanol–water partition coefficient (Wildman–Crippen LogP) is 1.28. The molecule has 0 radical (unpaired) electrons. The molecule has 0 bridgehead atoms.